The van der Waals surface area contributed by atoms with Crippen LogP contribution >= 0.6 is 0 Å². The van der Waals surface area contributed by atoms with Crippen LogP contribution < -0.4 is 9.47 Å². The van der Waals surface area contributed by atoms with Crippen LogP contribution in [-0.4, -0.2) is 46.8 Å². The van der Waals surface area contributed by atoms with Gasteiger partial charge in [-0.1, -0.05) is 25.1 Å². The molecule has 6 heteroatoms. The minimum atomic E-state index is -1.23. The highest BCUT2D eigenvalue weighted by atomic mass is 16.5. The summed E-state index contributed by atoms with van der Waals surface area (Å²) in [7, 11) is 1.55. The summed E-state index contributed by atoms with van der Waals surface area (Å²) in [5, 5.41) is 9.85. The maximum Gasteiger partial charge on any atom is 0.348 e. The first-order valence-corrected chi connectivity index (χ1v) is 9.28. The molecule has 1 aromatic heterocycles. The van der Waals surface area contributed by atoms with Crippen LogP contribution in [0.1, 0.15) is 31.0 Å². The van der Waals surface area contributed by atoms with Crippen molar-refractivity contribution in [1.29, 1.82) is 0 Å². The number of hydrogen-bond acceptors (Lipinski definition) is 5. The second kappa shape index (κ2) is 8.39. The van der Waals surface area contributed by atoms with Gasteiger partial charge in [0.2, 0.25) is 5.60 Å². The number of carbonyl (C=O) groups is 1. The van der Waals surface area contributed by atoms with Gasteiger partial charge in [0.1, 0.15) is 0 Å². The van der Waals surface area contributed by atoms with Crippen molar-refractivity contribution in [3.63, 3.8) is 0 Å². The number of pyridine rings is 1. The number of aliphatic carboxylic acids is 1. The highest BCUT2D eigenvalue weighted by Gasteiger charge is 2.44. The van der Waals surface area contributed by atoms with Crippen molar-refractivity contribution in [2.75, 3.05) is 20.2 Å². The molecule has 6 nitrogen and oxygen atoms in total. The van der Waals surface area contributed by atoms with Crippen LogP contribution in [0.5, 0.6) is 11.5 Å². The number of rotatable bonds is 7. The largest absolute Gasteiger partial charge is 0.493 e. The van der Waals surface area contributed by atoms with E-state index >= 15 is 0 Å². The lowest BCUT2D eigenvalue weighted by atomic mass is 9.91. The number of nitrogens with zero attached hydrogens (tertiary/aromatic N) is 2. The van der Waals surface area contributed by atoms with E-state index < -0.39 is 11.6 Å². The average molecular weight is 370 g/mol. The number of methoxy groups -OCH3 is 1. The lowest BCUT2D eigenvalue weighted by molar-refractivity contribution is -0.160. The predicted molar refractivity (Wildman–Crippen MR) is 102 cm³/mol. The lowest BCUT2D eigenvalue weighted by Crippen LogP contribution is -2.53. The molecule has 1 aliphatic heterocycles. The Kier molecular flexibility index (Phi) is 5.96. The fraction of sp³-hybridized carbons (Fsp3) is 0.429. The van der Waals surface area contributed by atoms with Crippen molar-refractivity contribution in [2.45, 2.75) is 38.3 Å². The van der Waals surface area contributed by atoms with Crippen LogP contribution in [0.25, 0.3) is 0 Å². The quantitative estimate of drug-likeness (QED) is 0.807. The van der Waals surface area contributed by atoms with Gasteiger partial charge in [0, 0.05) is 38.7 Å². The highest BCUT2D eigenvalue weighted by molar-refractivity contribution is 5.78. The third kappa shape index (κ3) is 4.39. The fourth-order valence-corrected chi connectivity index (χ4v) is 3.33. The topological polar surface area (TPSA) is 71.9 Å². The molecule has 2 heterocycles. The summed E-state index contributed by atoms with van der Waals surface area (Å²) < 4.78 is 11.3. The Morgan fingerprint density at radius 3 is 2.44 bits per heavy atom. The molecular formula is C21H26N2O4. The first kappa shape index (κ1) is 19.2. The van der Waals surface area contributed by atoms with E-state index in [1.807, 2.05) is 24.4 Å². The second-order valence-electron chi connectivity index (χ2n) is 6.84. The highest BCUT2D eigenvalue weighted by Crippen LogP contribution is 2.34. The Balaban J connectivity index is 1.66. The lowest BCUT2D eigenvalue weighted by Gasteiger charge is -2.38. The molecule has 1 aliphatic rings. The Labute approximate surface area is 159 Å². The number of aromatic nitrogens is 1. The molecule has 0 aliphatic carbocycles. The maximum atomic E-state index is 12.0. The summed E-state index contributed by atoms with van der Waals surface area (Å²) >= 11 is 0. The number of carboxylic acids is 1. The van der Waals surface area contributed by atoms with E-state index in [2.05, 4.69) is 22.9 Å². The number of hydrogen-bond donors (Lipinski definition) is 1. The number of likely N-dealkylation sites (tertiary alicyclic amines) is 1. The first-order valence-electron chi connectivity index (χ1n) is 9.28. The molecule has 1 fully saturated rings. The van der Waals surface area contributed by atoms with Crippen LogP contribution in [-0.2, 0) is 17.8 Å². The van der Waals surface area contributed by atoms with E-state index in [-0.39, 0.29) is 0 Å². The van der Waals surface area contributed by atoms with Gasteiger partial charge in [-0.2, -0.15) is 0 Å². The van der Waals surface area contributed by atoms with Crippen LogP contribution in [0.15, 0.2) is 42.6 Å². The number of benzene rings is 1. The number of carboxylic acid groups (broad SMARTS) is 1. The summed E-state index contributed by atoms with van der Waals surface area (Å²) in [5.41, 5.74) is 0.984. The number of ether oxygens (including phenoxy) is 2. The van der Waals surface area contributed by atoms with Gasteiger partial charge in [0.15, 0.2) is 11.5 Å². The first-order chi connectivity index (χ1) is 13.1. The molecule has 3 rings (SSSR count). The smallest absolute Gasteiger partial charge is 0.348 e. The Bertz CT molecular complexity index is 768. The average Bonchev–Trinajstić information content (AvgIpc) is 2.70. The van der Waals surface area contributed by atoms with E-state index in [0.29, 0.717) is 44.0 Å². The SMILES string of the molecule is CCc1ccc(CN2CCC(Oc3ccccc3OC)(C(=O)O)CC2)nc1. The summed E-state index contributed by atoms with van der Waals surface area (Å²) in [4.78, 5) is 18.7. The second-order valence-corrected chi connectivity index (χ2v) is 6.84. The van der Waals surface area contributed by atoms with Crippen molar-refractivity contribution < 1.29 is 19.4 Å². The number of piperidine rings is 1. The molecule has 2 aromatic rings. The van der Waals surface area contributed by atoms with Gasteiger partial charge in [-0.25, -0.2) is 4.79 Å². The van der Waals surface area contributed by atoms with Crippen LogP contribution in [0.4, 0.5) is 0 Å². The fourth-order valence-electron chi connectivity index (χ4n) is 3.33. The van der Waals surface area contributed by atoms with Gasteiger partial charge in [-0.15, -0.1) is 0 Å². The van der Waals surface area contributed by atoms with Crippen molar-refractivity contribution in [3.05, 3.63) is 53.9 Å². The van der Waals surface area contributed by atoms with E-state index in [9.17, 15) is 9.90 Å². The molecule has 0 bridgehead atoms. The standard InChI is InChI=1S/C21H26N2O4/c1-3-16-8-9-17(22-14-16)15-23-12-10-21(11-13-23,20(24)25)27-19-7-5-4-6-18(19)26-2/h4-9,14H,3,10-13,15H2,1-2H3,(H,24,25). The Morgan fingerprint density at radius 2 is 1.89 bits per heavy atom. The number of aryl methyl sites for hydroxylation is 1. The molecular weight excluding hydrogens is 344 g/mol. The van der Waals surface area contributed by atoms with Crippen LogP contribution in [0.3, 0.4) is 0 Å². The minimum absolute atomic E-state index is 0.410. The summed E-state index contributed by atoms with van der Waals surface area (Å²) in [6.07, 6.45) is 3.70. The van der Waals surface area contributed by atoms with Gasteiger partial charge in [0.25, 0.3) is 0 Å². The normalized spacial score (nSPS) is 16.7. The zero-order valence-corrected chi connectivity index (χ0v) is 15.9. The van der Waals surface area contributed by atoms with Gasteiger partial charge < -0.3 is 14.6 Å². The molecule has 0 radical (unpaired) electrons. The zero-order valence-electron chi connectivity index (χ0n) is 15.9. The number of para-hydroxylation sites is 2. The third-order valence-corrected chi connectivity index (χ3v) is 5.11. The summed E-state index contributed by atoms with van der Waals surface area (Å²) in [5.74, 6) is 0.0759. The van der Waals surface area contributed by atoms with E-state index in [1.165, 1.54) is 5.56 Å². The van der Waals surface area contributed by atoms with Crippen LogP contribution in [0.2, 0.25) is 0 Å². The summed E-state index contributed by atoms with van der Waals surface area (Å²) in [6.45, 7) is 4.10. The van der Waals surface area contributed by atoms with Gasteiger partial charge >= 0.3 is 5.97 Å². The van der Waals surface area contributed by atoms with E-state index in [0.717, 1.165) is 12.1 Å². The predicted octanol–water partition coefficient (Wildman–Crippen LogP) is 3.15. The molecule has 1 saturated heterocycles. The van der Waals surface area contributed by atoms with Crippen molar-refractivity contribution >= 4 is 5.97 Å². The molecule has 0 spiro atoms. The molecule has 0 unspecified atom stereocenters. The molecule has 1 N–H and O–H groups in total. The van der Waals surface area contributed by atoms with Crippen molar-refractivity contribution in [2.24, 2.45) is 0 Å². The zero-order chi connectivity index (χ0) is 19.3. The molecule has 144 valence electrons. The van der Waals surface area contributed by atoms with E-state index in [4.69, 9.17) is 9.47 Å². The van der Waals surface area contributed by atoms with Crippen molar-refractivity contribution in [1.82, 2.24) is 9.88 Å². The Hall–Kier alpha value is -2.60. The third-order valence-electron chi connectivity index (χ3n) is 5.11. The summed E-state index contributed by atoms with van der Waals surface area (Å²) in [6, 6.07) is 11.3. The molecule has 0 amide bonds. The monoisotopic (exact) mass is 370 g/mol. The minimum Gasteiger partial charge on any atom is -0.493 e. The maximum absolute atomic E-state index is 12.0. The van der Waals surface area contributed by atoms with Crippen LogP contribution in [0, 0.1) is 0 Å². The Morgan fingerprint density at radius 1 is 1.19 bits per heavy atom. The molecule has 1 aromatic carbocycles. The van der Waals surface area contributed by atoms with Gasteiger partial charge in [-0.05, 0) is 30.2 Å². The van der Waals surface area contributed by atoms with E-state index in [1.54, 1.807) is 19.2 Å². The molecule has 27 heavy (non-hydrogen) atoms. The molecule has 0 saturated carbocycles. The van der Waals surface area contributed by atoms with Gasteiger partial charge in [0.05, 0.1) is 12.8 Å². The van der Waals surface area contributed by atoms with Gasteiger partial charge in [-0.3, -0.25) is 9.88 Å². The molecule has 0 atom stereocenters. The van der Waals surface area contributed by atoms with Crippen molar-refractivity contribution in [3.8, 4) is 11.5 Å².